The van der Waals surface area contributed by atoms with Crippen LogP contribution in [0.25, 0.3) is 0 Å². The van der Waals surface area contributed by atoms with Gasteiger partial charge in [0.2, 0.25) is 0 Å². The number of hydrogen-bond acceptors (Lipinski definition) is 3. The van der Waals surface area contributed by atoms with E-state index in [9.17, 15) is 22.8 Å². The van der Waals surface area contributed by atoms with E-state index in [1.165, 1.54) is 19.2 Å². The molecule has 1 aromatic rings. The molecule has 0 saturated carbocycles. The lowest BCUT2D eigenvalue weighted by molar-refractivity contribution is -0.138. The summed E-state index contributed by atoms with van der Waals surface area (Å²) < 4.78 is 42.7. The quantitative estimate of drug-likeness (QED) is 0.591. The molecular weight excluding hydrogens is 261 g/mol. The fraction of sp³-hybridized carbons (Fsp3) is 0.385. The maximum atomic E-state index is 12.7. The van der Waals surface area contributed by atoms with Gasteiger partial charge in [0.25, 0.3) is 0 Å². The second kappa shape index (κ2) is 6.47. The molecule has 0 aliphatic heterocycles. The third-order valence-electron chi connectivity index (χ3n) is 2.48. The first-order chi connectivity index (χ1) is 8.86. The summed E-state index contributed by atoms with van der Waals surface area (Å²) >= 11 is 0. The summed E-state index contributed by atoms with van der Waals surface area (Å²) in [6, 6.07) is 4.44. The topological polar surface area (TPSA) is 43.4 Å². The molecule has 0 unspecified atom stereocenters. The predicted molar refractivity (Wildman–Crippen MR) is 61.9 cm³/mol. The average molecular weight is 274 g/mol. The van der Waals surface area contributed by atoms with Gasteiger partial charge in [0.1, 0.15) is 5.78 Å². The largest absolute Gasteiger partial charge is 0.417 e. The molecule has 0 atom stereocenters. The van der Waals surface area contributed by atoms with E-state index in [-0.39, 0.29) is 13.0 Å². The van der Waals surface area contributed by atoms with Gasteiger partial charge in [-0.25, -0.2) is 0 Å². The Bertz CT molecular complexity index is 466. The minimum absolute atomic E-state index is 0.0103. The van der Waals surface area contributed by atoms with E-state index >= 15 is 0 Å². The number of ether oxygens (including phenoxy) is 1. The summed E-state index contributed by atoms with van der Waals surface area (Å²) in [5, 5.41) is 0. The minimum Gasteiger partial charge on any atom is -0.384 e. The molecule has 104 valence electrons. The van der Waals surface area contributed by atoms with Gasteiger partial charge in [0.15, 0.2) is 5.78 Å². The molecule has 0 saturated heterocycles. The number of halogens is 3. The number of carbonyl (C=O) groups is 2. The highest BCUT2D eigenvalue weighted by Gasteiger charge is 2.34. The molecule has 0 bridgehead atoms. The highest BCUT2D eigenvalue weighted by atomic mass is 19.4. The van der Waals surface area contributed by atoms with Crippen molar-refractivity contribution in [1.29, 1.82) is 0 Å². The molecule has 1 aromatic carbocycles. The zero-order chi connectivity index (χ0) is 14.5. The molecule has 0 aromatic heterocycles. The first-order valence-corrected chi connectivity index (χ1v) is 5.56. The molecular formula is C13H13F3O3. The van der Waals surface area contributed by atoms with Crippen molar-refractivity contribution in [2.24, 2.45) is 0 Å². The second-order valence-electron chi connectivity index (χ2n) is 3.92. The molecule has 6 heteroatoms. The first kappa shape index (κ1) is 15.4. The fourth-order valence-electron chi connectivity index (χ4n) is 1.55. The maximum absolute atomic E-state index is 12.7. The summed E-state index contributed by atoms with van der Waals surface area (Å²) in [6.45, 7) is 0.146. The van der Waals surface area contributed by atoms with Gasteiger partial charge >= 0.3 is 6.18 Å². The monoisotopic (exact) mass is 274 g/mol. The Morgan fingerprint density at radius 1 is 1.21 bits per heavy atom. The summed E-state index contributed by atoms with van der Waals surface area (Å²) in [5.41, 5.74) is -1.49. The number of hydrogen-bond donors (Lipinski definition) is 0. The second-order valence-corrected chi connectivity index (χ2v) is 3.92. The number of ketones is 2. The normalized spacial score (nSPS) is 11.4. The van der Waals surface area contributed by atoms with E-state index in [4.69, 9.17) is 0 Å². The predicted octanol–water partition coefficient (Wildman–Crippen LogP) is 2.88. The van der Waals surface area contributed by atoms with Crippen molar-refractivity contribution in [2.45, 2.75) is 19.0 Å². The number of carbonyl (C=O) groups excluding carboxylic acids is 2. The van der Waals surface area contributed by atoms with Gasteiger partial charge in [0, 0.05) is 19.1 Å². The van der Waals surface area contributed by atoms with Crippen LogP contribution in [0.2, 0.25) is 0 Å². The summed E-state index contributed by atoms with van der Waals surface area (Å²) in [7, 11) is 1.40. The number of Topliss-reactive ketones (excluding diaryl/α,β-unsaturated/α-hetero) is 2. The van der Waals surface area contributed by atoms with E-state index in [1.54, 1.807) is 0 Å². The Balaban J connectivity index is 2.86. The van der Waals surface area contributed by atoms with Gasteiger partial charge in [-0.1, -0.05) is 18.2 Å². The van der Waals surface area contributed by atoms with Crippen molar-refractivity contribution in [1.82, 2.24) is 0 Å². The van der Waals surface area contributed by atoms with E-state index in [1.807, 2.05) is 0 Å². The zero-order valence-corrected chi connectivity index (χ0v) is 10.3. The van der Waals surface area contributed by atoms with Crippen LogP contribution in [-0.2, 0) is 15.7 Å². The number of benzene rings is 1. The molecule has 19 heavy (non-hydrogen) atoms. The lowest BCUT2D eigenvalue weighted by Crippen LogP contribution is -2.16. The lowest BCUT2D eigenvalue weighted by Gasteiger charge is -2.11. The van der Waals surface area contributed by atoms with Crippen molar-refractivity contribution in [2.75, 3.05) is 13.7 Å². The minimum atomic E-state index is -4.61. The van der Waals surface area contributed by atoms with Crippen LogP contribution in [0.4, 0.5) is 13.2 Å². The van der Waals surface area contributed by atoms with E-state index in [0.717, 1.165) is 12.1 Å². The maximum Gasteiger partial charge on any atom is 0.417 e. The van der Waals surface area contributed by atoms with Gasteiger partial charge < -0.3 is 4.74 Å². The molecule has 0 spiro atoms. The van der Waals surface area contributed by atoms with Crippen LogP contribution >= 0.6 is 0 Å². The number of rotatable bonds is 6. The zero-order valence-electron chi connectivity index (χ0n) is 10.3. The Hall–Kier alpha value is -1.69. The van der Waals surface area contributed by atoms with Crippen LogP contribution in [0.5, 0.6) is 0 Å². The Labute approximate surface area is 108 Å². The Morgan fingerprint density at radius 3 is 2.42 bits per heavy atom. The van der Waals surface area contributed by atoms with Crippen LogP contribution in [0.3, 0.4) is 0 Å². The van der Waals surface area contributed by atoms with Crippen LogP contribution in [0.1, 0.15) is 28.8 Å². The van der Waals surface area contributed by atoms with Crippen LogP contribution < -0.4 is 0 Å². The summed E-state index contributed by atoms with van der Waals surface area (Å²) in [4.78, 5) is 23.1. The van der Waals surface area contributed by atoms with Crippen molar-refractivity contribution in [3.8, 4) is 0 Å². The fourth-order valence-corrected chi connectivity index (χ4v) is 1.55. The molecule has 3 nitrogen and oxygen atoms in total. The highest BCUT2D eigenvalue weighted by molar-refractivity contribution is 6.08. The number of alkyl halides is 3. The van der Waals surface area contributed by atoms with Crippen LogP contribution in [0, 0.1) is 0 Å². The Kier molecular flexibility index (Phi) is 5.23. The lowest BCUT2D eigenvalue weighted by atomic mass is 9.99. The van der Waals surface area contributed by atoms with Gasteiger partial charge in [-0.15, -0.1) is 0 Å². The van der Waals surface area contributed by atoms with E-state index in [2.05, 4.69) is 4.74 Å². The molecule has 0 aliphatic rings. The van der Waals surface area contributed by atoms with Crippen molar-refractivity contribution < 1.29 is 27.5 Å². The Morgan fingerprint density at radius 2 is 1.84 bits per heavy atom. The summed E-state index contributed by atoms with van der Waals surface area (Å²) in [6.07, 6.45) is -5.14. The summed E-state index contributed by atoms with van der Waals surface area (Å²) in [5.74, 6) is -1.27. The van der Waals surface area contributed by atoms with Crippen molar-refractivity contribution >= 4 is 11.6 Å². The smallest absolute Gasteiger partial charge is 0.384 e. The van der Waals surface area contributed by atoms with Crippen molar-refractivity contribution in [3.63, 3.8) is 0 Å². The number of methoxy groups -OCH3 is 1. The third-order valence-corrected chi connectivity index (χ3v) is 2.48. The molecule has 0 N–H and O–H groups in total. The van der Waals surface area contributed by atoms with Crippen LogP contribution in [0.15, 0.2) is 24.3 Å². The van der Waals surface area contributed by atoms with E-state index < -0.39 is 35.3 Å². The average Bonchev–Trinajstić information content (AvgIpc) is 2.35. The molecule has 0 radical (unpaired) electrons. The molecule has 0 heterocycles. The van der Waals surface area contributed by atoms with Gasteiger partial charge in [0.05, 0.1) is 18.6 Å². The molecule has 0 fully saturated rings. The first-order valence-electron chi connectivity index (χ1n) is 5.56. The highest BCUT2D eigenvalue weighted by Crippen LogP contribution is 2.32. The van der Waals surface area contributed by atoms with Crippen molar-refractivity contribution in [3.05, 3.63) is 35.4 Å². The molecule has 0 amide bonds. The standard InChI is InChI=1S/C13H13F3O3/c1-19-7-6-9(17)8-12(18)10-4-2-3-5-11(10)13(14,15)16/h2-5H,6-8H2,1H3. The van der Waals surface area contributed by atoms with Gasteiger partial charge in [-0.2, -0.15) is 13.2 Å². The SMILES string of the molecule is COCCC(=O)CC(=O)c1ccccc1C(F)(F)F. The third kappa shape index (κ3) is 4.48. The molecule has 0 aliphatic carbocycles. The van der Waals surface area contributed by atoms with Gasteiger partial charge in [-0.05, 0) is 6.07 Å². The van der Waals surface area contributed by atoms with E-state index in [0.29, 0.717) is 0 Å². The van der Waals surface area contributed by atoms with Gasteiger partial charge in [-0.3, -0.25) is 9.59 Å². The molecule has 1 rings (SSSR count). The van der Waals surface area contributed by atoms with Crippen LogP contribution in [-0.4, -0.2) is 25.3 Å².